The van der Waals surface area contributed by atoms with Crippen LogP contribution in [-0.4, -0.2) is 14.6 Å². The lowest BCUT2D eigenvalue weighted by Crippen LogP contribution is -1.96. The molecule has 6 heteroatoms. The number of fused-ring (bicyclic) bond motifs is 1. The van der Waals surface area contributed by atoms with E-state index in [4.69, 9.17) is 28.9 Å². The first-order valence-electron chi connectivity index (χ1n) is 5.62. The van der Waals surface area contributed by atoms with Gasteiger partial charge in [-0.2, -0.15) is 0 Å². The molecule has 0 aliphatic heterocycles. The maximum Gasteiger partial charge on any atom is 0.226 e. The molecule has 0 aliphatic rings. The number of benzene rings is 1. The van der Waals surface area contributed by atoms with E-state index in [2.05, 4.69) is 10.2 Å². The van der Waals surface area contributed by atoms with Crippen molar-refractivity contribution in [2.24, 2.45) is 0 Å². The van der Waals surface area contributed by atoms with Crippen LogP contribution < -0.4 is 5.73 Å². The van der Waals surface area contributed by atoms with Crippen LogP contribution >= 0.6 is 23.2 Å². The standard InChI is InChI=1S/C13H10Cl2N4/c1-7-4-12-17-18-13(16)19(12)6-10(7)9-3-2-8(14)5-11(9)15/h2-6H,1H3,(H2,16,18). The lowest BCUT2D eigenvalue weighted by atomic mass is 10.0. The number of pyridine rings is 1. The van der Waals surface area contributed by atoms with Gasteiger partial charge in [-0.05, 0) is 30.7 Å². The second-order valence-electron chi connectivity index (χ2n) is 4.28. The molecule has 0 atom stereocenters. The first-order valence-corrected chi connectivity index (χ1v) is 6.38. The molecular formula is C13H10Cl2N4. The van der Waals surface area contributed by atoms with Crippen molar-refractivity contribution in [3.05, 3.63) is 46.1 Å². The zero-order valence-corrected chi connectivity index (χ0v) is 11.6. The molecule has 0 saturated carbocycles. The molecule has 0 spiro atoms. The van der Waals surface area contributed by atoms with Crippen LogP contribution in [0.25, 0.3) is 16.8 Å². The van der Waals surface area contributed by atoms with Crippen LogP contribution in [0.4, 0.5) is 5.95 Å². The number of rotatable bonds is 1. The quantitative estimate of drug-likeness (QED) is 0.746. The second-order valence-corrected chi connectivity index (χ2v) is 5.12. The van der Waals surface area contributed by atoms with Crippen molar-refractivity contribution in [1.29, 1.82) is 0 Å². The molecule has 1 aromatic carbocycles. The summed E-state index contributed by atoms with van der Waals surface area (Å²) >= 11 is 12.2. The highest BCUT2D eigenvalue weighted by molar-refractivity contribution is 6.36. The highest BCUT2D eigenvalue weighted by Crippen LogP contribution is 2.32. The first kappa shape index (κ1) is 12.3. The summed E-state index contributed by atoms with van der Waals surface area (Å²) in [4.78, 5) is 0. The number of nitrogen functional groups attached to an aromatic ring is 1. The summed E-state index contributed by atoms with van der Waals surface area (Å²) in [5, 5.41) is 9.04. The predicted molar refractivity (Wildman–Crippen MR) is 77.6 cm³/mol. The molecule has 2 N–H and O–H groups in total. The van der Waals surface area contributed by atoms with Crippen molar-refractivity contribution in [3.63, 3.8) is 0 Å². The number of aryl methyl sites for hydroxylation is 1. The van der Waals surface area contributed by atoms with E-state index in [1.165, 1.54) is 0 Å². The fraction of sp³-hybridized carbons (Fsp3) is 0.0769. The van der Waals surface area contributed by atoms with Gasteiger partial charge in [0.2, 0.25) is 5.95 Å². The van der Waals surface area contributed by atoms with E-state index in [1.54, 1.807) is 10.5 Å². The number of anilines is 1. The normalized spacial score (nSPS) is 11.1. The number of nitrogens with two attached hydrogens (primary N) is 1. The topological polar surface area (TPSA) is 56.2 Å². The summed E-state index contributed by atoms with van der Waals surface area (Å²) in [6, 6.07) is 7.34. The third-order valence-corrected chi connectivity index (χ3v) is 3.55. The molecule has 0 radical (unpaired) electrons. The van der Waals surface area contributed by atoms with Gasteiger partial charge in [-0.15, -0.1) is 10.2 Å². The Hall–Kier alpha value is -1.78. The van der Waals surface area contributed by atoms with Crippen molar-refractivity contribution in [3.8, 4) is 11.1 Å². The smallest absolute Gasteiger partial charge is 0.226 e. The van der Waals surface area contributed by atoms with Crippen LogP contribution in [0.15, 0.2) is 30.5 Å². The van der Waals surface area contributed by atoms with Crippen LogP contribution in [0.5, 0.6) is 0 Å². The SMILES string of the molecule is Cc1cc2nnc(N)n2cc1-c1ccc(Cl)cc1Cl. The van der Waals surface area contributed by atoms with Gasteiger partial charge in [0.05, 0.1) is 0 Å². The van der Waals surface area contributed by atoms with Crippen LogP contribution in [0, 0.1) is 6.92 Å². The van der Waals surface area contributed by atoms with Gasteiger partial charge in [-0.3, -0.25) is 4.40 Å². The largest absolute Gasteiger partial charge is 0.368 e. The van der Waals surface area contributed by atoms with E-state index < -0.39 is 0 Å². The van der Waals surface area contributed by atoms with Crippen molar-refractivity contribution < 1.29 is 0 Å². The molecule has 0 amide bonds. The van der Waals surface area contributed by atoms with Gasteiger partial charge < -0.3 is 5.73 Å². The van der Waals surface area contributed by atoms with E-state index in [-0.39, 0.29) is 0 Å². The van der Waals surface area contributed by atoms with Gasteiger partial charge in [0.15, 0.2) is 5.65 Å². The molecule has 3 aromatic rings. The van der Waals surface area contributed by atoms with Crippen molar-refractivity contribution >= 4 is 34.8 Å². The Labute approximate surface area is 119 Å². The molecule has 3 rings (SSSR count). The Morgan fingerprint density at radius 1 is 1.11 bits per heavy atom. The minimum Gasteiger partial charge on any atom is -0.368 e. The number of halogens is 2. The lowest BCUT2D eigenvalue weighted by Gasteiger charge is -2.09. The van der Waals surface area contributed by atoms with Crippen molar-refractivity contribution in [2.45, 2.75) is 6.92 Å². The van der Waals surface area contributed by atoms with Gasteiger partial charge in [-0.25, -0.2) is 0 Å². The van der Waals surface area contributed by atoms with Crippen molar-refractivity contribution in [1.82, 2.24) is 14.6 Å². The summed E-state index contributed by atoms with van der Waals surface area (Å²) in [5.74, 6) is 0.348. The van der Waals surface area contributed by atoms with E-state index in [0.717, 1.165) is 16.7 Å². The van der Waals surface area contributed by atoms with Gasteiger partial charge >= 0.3 is 0 Å². The van der Waals surface area contributed by atoms with E-state index >= 15 is 0 Å². The van der Waals surface area contributed by atoms with E-state index in [0.29, 0.717) is 21.6 Å². The molecule has 0 unspecified atom stereocenters. The summed E-state index contributed by atoms with van der Waals surface area (Å²) in [6.07, 6.45) is 1.88. The molecule has 0 saturated heterocycles. The molecule has 0 fully saturated rings. The second kappa shape index (κ2) is 4.40. The number of hydrogen-bond donors (Lipinski definition) is 1. The van der Waals surface area contributed by atoms with Gasteiger partial charge in [0.25, 0.3) is 0 Å². The summed E-state index contributed by atoms with van der Waals surface area (Å²) in [7, 11) is 0. The zero-order chi connectivity index (χ0) is 13.6. The summed E-state index contributed by atoms with van der Waals surface area (Å²) < 4.78 is 1.73. The molecule has 4 nitrogen and oxygen atoms in total. The minimum absolute atomic E-state index is 0.348. The van der Waals surface area contributed by atoms with Crippen LogP contribution in [-0.2, 0) is 0 Å². The fourth-order valence-corrected chi connectivity index (χ4v) is 2.55. The fourth-order valence-electron chi connectivity index (χ4n) is 2.04. The molecule has 2 heterocycles. The highest BCUT2D eigenvalue weighted by atomic mass is 35.5. The highest BCUT2D eigenvalue weighted by Gasteiger charge is 2.11. The van der Waals surface area contributed by atoms with Crippen LogP contribution in [0.1, 0.15) is 5.56 Å². The van der Waals surface area contributed by atoms with E-state index in [1.807, 2.05) is 31.3 Å². The monoisotopic (exact) mass is 292 g/mol. The number of hydrogen-bond acceptors (Lipinski definition) is 3. The Balaban J connectivity index is 2.29. The molecular weight excluding hydrogens is 283 g/mol. The maximum absolute atomic E-state index is 6.24. The van der Waals surface area contributed by atoms with Crippen LogP contribution in [0.3, 0.4) is 0 Å². The minimum atomic E-state index is 0.348. The third kappa shape index (κ3) is 2.03. The van der Waals surface area contributed by atoms with Gasteiger partial charge in [0.1, 0.15) is 0 Å². The Bertz CT molecular complexity index is 780. The number of nitrogens with zero attached hydrogens (tertiary/aromatic N) is 3. The molecule has 19 heavy (non-hydrogen) atoms. The van der Waals surface area contributed by atoms with Gasteiger partial charge in [-0.1, -0.05) is 29.3 Å². The van der Waals surface area contributed by atoms with Gasteiger partial charge in [0, 0.05) is 27.4 Å². The predicted octanol–water partition coefficient (Wildman–Crippen LogP) is 3.59. The van der Waals surface area contributed by atoms with Crippen molar-refractivity contribution in [2.75, 3.05) is 5.73 Å². The Morgan fingerprint density at radius 3 is 2.63 bits per heavy atom. The lowest BCUT2D eigenvalue weighted by molar-refractivity contribution is 1.12. The molecule has 0 bridgehead atoms. The molecule has 0 aliphatic carbocycles. The molecule has 2 aromatic heterocycles. The van der Waals surface area contributed by atoms with Crippen LogP contribution in [0.2, 0.25) is 10.0 Å². The first-order chi connectivity index (χ1) is 9.06. The zero-order valence-electron chi connectivity index (χ0n) is 10.1. The summed E-state index contributed by atoms with van der Waals surface area (Å²) in [6.45, 7) is 1.99. The summed E-state index contributed by atoms with van der Waals surface area (Å²) in [5.41, 5.74) is 9.40. The third-order valence-electron chi connectivity index (χ3n) is 3.00. The number of aromatic nitrogens is 3. The Kier molecular flexibility index (Phi) is 2.84. The van der Waals surface area contributed by atoms with E-state index in [9.17, 15) is 0 Å². The molecule has 96 valence electrons. The average molecular weight is 293 g/mol. The maximum atomic E-state index is 6.24. The average Bonchev–Trinajstić information content (AvgIpc) is 2.70. The Morgan fingerprint density at radius 2 is 1.89 bits per heavy atom.